The molecule has 0 bridgehead atoms. The number of sulfonamides is 1. The van der Waals surface area contributed by atoms with Crippen LogP contribution >= 0.6 is 0 Å². The molecule has 0 aromatic heterocycles. The fraction of sp³-hybridized carbons (Fsp3) is 0.409. The molecule has 3 rings (SSSR count). The zero-order valence-corrected chi connectivity index (χ0v) is 18.7. The van der Waals surface area contributed by atoms with Crippen LogP contribution < -0.4 is 5.32 Å². The van der Waals surface area contributed by atoms with Crippen LogP contribution in [-0.4, -0.2) is 75.2 Å². The van der Waals surface area contributed by atoms with E-state index in [-0.39, 0.29) is 23.2 Å². The third kappa shape index (κ3) is 6.33. The number of anilines is 1. The summed E-state index contributed by atoms with van der Waals surface area (Å²) in [7, 11) is -0.628. The maximum atomic E-state index is 13.9. The van der Waals surface area contributed by atoms with E-state index in [1.54, 1.807) is 24.3 Å². The van der Waals surface area contributed by atoms with Crippen molar-refractivity contribution in [2.45, 2.75) is 17.9 Å². The fourth-order valence-electron chi connectivity index (χ4n) is 3.56. The molecule has 168 valence electrons. The van der Waals surface area contributed by atoms with Crippen LogP contribution in [-0.2, 0) is 21.4 Å². The highest BCUT2D eigenvalue weighted by atomic mass is 32.2. The standard InChI is InChI=1S/C22H29FN4O3S/c1-25(2)31(29,30)20-9-5-8-19(15-20)24-22(28)17-27-12-6-11-26(13-14-27)16-18-7-3-4-10-21(18)23/h3-5,7-10,15H,6,11-14,16-17H2,1-2H3,(H,24,28). The molecule has 0 spiro atoms. The van der Waals surface area contributed by atoms with E-state index in [0.29, 0.717) is 24.3 Å². The lowest BCUT2D eigenvalue weighted by atomic mass is 10.2. The summed E-state index contributed by atoms with van der Waals surface area (Å²) in [5, 5.41) is 2.79. The van der Waals surface area contributed by atoms with Gasteiger partial charge in [-0.2, -0.15) is 0 Å². The van der Waals surface area contributed by atoms with E-state index in [0.717, 1.165) is 30.4 Å². The quantitative estimate of drug-likeness (QED) is 0.703. The minimum absolute atomic E-state index is 0.133. The van der Waals surface area contributed by atoms with E-state index in [2.05, 4.69) is 15.1 Å². The first-order valence-corrected chi connectivity index (χ1v) is 11.7. The van der Waals surface area contributed by atoms with Crippen molar-refractivity contribution in [1.82, 2.24) is 14.1 Å². The molecule has 9 heteroatoms. The second-order valence-electron chi connectivity index (χ2n) is 7.86. The second-order valence-corrected chi connectivity index (χ2v) is 10.0. The van der Waals surface area contributed by atoms with Gasteiger partial charge in [-0.3, -0.25) is 14.6 Å². The zero-order chi connectivity index (χ0) is 22.4. The van der Waals surface area contributed by atoms with Gasteiger partial charge in [-0.05, 0) is 43.8 Å². The van der Waals surface area contributed by atoms with Crippen molar-refractivity contribution in [2.75, 3.05) is 52.1 Å². The maximum Gasteiger partial charge on any atom is 0.242 e. The van der Waals surface area contributed by atoms with Crippen LogP contribution in [0.25, 0.3) is 0 Å². The summed E-state index contributed by atoms with van der Waals surface area (Å²) in [5.74, 6) is -0.386. The second kappa shape index (κ2) is 10.3. The first kappa shape index (κ1) is 23.3. The van der Waals surface area contributed by atoms with Crippen LogP contribution in [0.5, 0.6) is 0 Å². The van der Waals surface area contributed by atoms with Gasteiger partial charge in [-0.1, -0.05) is 24.3 Å². The number of nitrogens with one attached hydrogen (secondary N) is 1. The summed E-state index contributed by atoms with van der Waals surface area (Å²) in [6.45, 7) is 3.85. The van der Waals surface area contributed by atoms with Gasteiger partial charge in [-0.15, -0.1) is 0 Å². The molecule has 1 aliphatic rings. The molecule has 1 heterocycles. The Balaban J connectivity index is 1.54. The van der Waals surface area contributed by atoms with Crippen LogP contribution in [0.1, 0.15) is 12.0 Å². The molecule has 2 aromatic rings. The van der Waals surface area contributed by atoms with Gasteiger partial charge in [0, 0.05) is 45.0 Å². The van der Waals surface area contributed by atoms with Crippen molar-refractivity contribution in [3.05, 3.63) is 59.9 Å². The Morgan fingerprint density at radius 2 is 1.74 bits per heavy atom. The number of halogens is 1. The van der Waals surface area contributed by atoms with Crippen LogP contribution in [0.2, 0.25) is 0 Å². The monoisotopic (exact) mass is 448 g/mol. The Morgan fingerprint density at radius 1 is 1.03 bits per heavy atom. The predicted octanol–water partition coefficient (Wildman–Crippen LogP) is 2.22. The first-order chi connectivity index (χ1) is 14.8. The Hall–Kier alpha value is -2.33. The van der Waals surface area contributed by atoms with Crippen molar-refractivity contribution in [3.63, 3.8) is 0 Å². The summed E-state index contributed by atoms with van der Waals surface area (Å²) >= 11 is 0. The molecule has 0 unspecified atom stereocenters. The van der Waals surface area contributed by atoms with Gasteiger partial charge in [0.25, 0.3) is 0 Å². The smallest absolute Gasteiger partial charge is 0.242 e. The Morgan fingerprint density at radius 3 is 2.48 bits per heavy atom. The number of benzene rings is 2. The number of hydrogen-bond acceptors (Lipinski definition) is 5. The zero-order valence-electron chi connectivity index (χ0n) is 17.9. The normalized spacial score (nSPS) is 16.3. The number of nitrogens with zero attached hydrogens (tertiary/aromatic N) is 3. The molecular formula is C22H29FN4O3S. The van der Waals surface area contributed by atoms with Crippen LogP contribution in [0.4, 0.5) is 10.1 Å². The molecule has 0 radical (unpaired) electrons. The summed E-state index contributed by atoms with van der Waals surface area (Å²) in [5.41, 5.74) is 1.13. The van der Waals surface area contributed by atoms with Gasteiger partial charge in [0.15, 0.2) is 0 Å². The third-order valence-electron chi connectivity index (χ3n) is 5.30. The van der Waals surface area contributed by atoms with Gasteiger partial charge in [0.2, 0.25) is 15.9 Å². The van der Waals surface area contributed by atoms with Crippen LogP contribution in [0.3, 0.4) is 0 Å². The Bertz CT molecular complexity index is 1010. The highest BCUT2D eigenvalue weighted by Gasteiger charge is 2.20. The summed E-state index contributed by atoms with van der Waals surface area (Å²) in [6.07, 6.45) is 0.887. The topological polar surface area (TPSA) is 73.0 Å². The molecule has 0 aliphatic carbocycles. The van der Waals surface area contributed by atoms with Gasteiger partial charge >= 0.3 is 0 Å². The predicted molar refractivity (Wildman–Crippen MR) is 119 cm³/mol. The fourth-order valence-corrected chi connectivity index (χ4v) is 4.50. The highest BCUT2D eigenvalue weighted by molar-refractivity contribution is 7.89. The number of hydrogen-bond donors (Lipinski definition) is 1. The largest absolute Gasteiger partial charge is 0.325 e. The molecular weight excluding hydrogens is 419 g/mol. The SMILES string of the molecule is CN(C)S(=O)(=O)c1cccc(NC(=O)CN2CCCN(Cc3ccccc3F)CC2)c1. The summed E-state index contributed by atoms with van der Waals surface area (Å²) in [6, 6.07) is 13.1. The van der Waals surface area contributed by atoms with Crippen molar-refractivity contribution < 1.29 is 17.6 Å². The molecule has 0 atom stereocenters. The lowest BCUT2D eigenvalue weighted by Gasteiger charge is -2.21. The van der Waals surface area contributed by atoms with E-state index in [9.17, 15) is 17.6 Å². The molecule has 1 aliphatic heterocycles. The average molecular weight is 449 g/mol. The van der Waals surface area contributed by atoms with Crippen molar-refractivity contribution in [1.29, 1.82) is 0 Å². The molecule has 1 fully saturated rings. The Kier molecular flexibility index (Phi) is 7.77. The van der Waals surface area contributed by atoms with E-state index in [1.165, 1.54) is 32.3 Å². The van der Waals surface area contributed by atoms with E-state index in [1.807, 2.05) is 6.07 Å². The van der Waals surface area contributed by atoms with Crippen molar-refractivity contribution in [3.8, 4) is 0 Å². The highest BCUT2D eigenvalue weighted by Crippen LogP contribution is 2.18. The number of carbonyl (C=O) groups excluding carboxylic acids is 1. The third-order valence-corrected chi connectivity index (χ3v) is 7.11. The molecule has 31 heavy (non-hydrogen) atoms. The molecule has 1 N–H and O–H groups in total. The van der Waals surface area contributed by atoms with Crippen molar-refractivity contribution >= 4 is 21.6 Å². The van der Waals surface area contributed by atoms with Gasteiger partial charge in [0.05, 0.1) is 11.4 Å². The summed E-state index contributed by atoms with van der Waals surface area (Å²) < 4.78 is 39.6. The first-order valence-electron chi connectivity index (χ1n) is 10.3. The molecule has 1 saturated heterocycles. The van der Waals surface area contributed by atoms with E-state index in [4.69, 9.17) is 0 Å². The van der Waals surface area contributed by atoms with Crippen molar-refractivity contribution in [2.24, 2.45) is 0 Å². The molecule has 1 amide bonds. The summed E-state index contributed by atoms with van der Waals surface area (Å²) in [4.78, 5) is 16.9. The van der Waals surface area contributed by atoms with E-state index >= 15 is 0 Å². The number of rotatable bonds is 7. The lowest BCUT2D eigenvalue weighted by Crippen LogP contribution is -2.36. The van der Waals surface area contributed by atoms with Gasteiger partial charge < -0.3 is 5.32 Å². The van der Waals surface area contributed by atoms with Crippen LogP contribution in [0.15, 0.2) is 53.4 Å². The van der Waals surface area contributed by atoms with Gasteiger partial charge in [-0.25, -0.2) is 17.1 Å². The lowest BCUT2D eigenvalue weighted by molar-refractivity contribution is -0.117. The molecule has 2 aromatic carbocycles. The molecule has 0 saturated carbocycles. The van der Waals surface area contributed by atoms with E-state index < -0.39 is 10.0 Å². The number of amides is 1. The number of carbonyl (C=O) groups is 1. The molecule has 7 nitrogen and oxygen atoms in total. The maximum absolute atomic E-state index is 13.9. The minimum atomic E-state index is -3.56. The Labute approximate surface area is 183 Å². The minimum Gasteiger partial charge on any atom is -0.325 e. The average Bonchev–Trinajstić information content (AvgIpc) is 2.94. The van der Waals surface area contributed by atoms with Gasteiger partial charge in [0.1, 0.15) is 5.82 Å². The van der Waals surface area contributed by atoms with Crippen LogP contribution in [0, 0.1) is 5.82 Å².